The van der Waals surface area contributed by atoms with E-state index in [0.717, 1.165) is 44.2 Å². The molecule has 5 nitrogen and oxygen atoms in total. The number of hydrogen-bond acceptors (Lipinski definition) is 5. The highest BCUT2D eigenvalue weighted by Crippen LogP contribution is 2.40. The summed E-state index contributed by atoms with van der Waals surface area (Å²) in [6.45, 7) is 4.97. The van der Waals surface area contributed by atoms with E-state index in [4.69, 9.17) is 9.15 Å². The van der Waals surface area contributed by atoms with E-state index in [9.17, 15) is 23.1 Å². The lowest BCUT2D eigenvalue weighted by Gasteiger charge is -2.35. The molecule has 2 heterocycles. The molecule has 3 aromatic rings. The highest BCUT2D eigenvalue weighted by Gasteiger charge is 2.41. The Balaban J connectivity index is 1.84. The van der Waals surface area contributed by atoms with Gasteiger partial charge < -0.3 is 14.3 Å². The second kappa shape index (κ2) is 9.70. The summed E-state index contributed by atoms with van der Waals surface area (Å²) in [6.07, 6.45) is -0.286. The minimum Gasteiger partial charge on any atom is -0.507 e. The van der Waals surface area contributed by atoms with Gasteiger partial charge in [-0.25, -0.2) is 0 Å². The first kappa shape index (κ1) is 24.1. The molecule has 1 unspecified atom stereocenters. The molecule has 4 rings (SSSR count). The highest BCUT2D eigenvalue weighted by atomic mass is 19.4. The zero-order valence-corrected chi connectivity index (χ0v) is 19.2. The molecule has 0 spiro atoms. The standard InChI is InChI=1S/C26H28F3NO4/c1-3-16-8-10-18(11-9-16)33-24-22(32)19-12-13-21(31)20(23(19)34-25(24)26(27,28)29)15-30-14-6-5-7-17(30)4-2/h8-13,17,31H,3-7,14-15H2,1-2H3. The largest absolute Gasteiger partial charge is 0.507 e. The van der Waals surface area contributed by atoms with Crippen molar-refractivity contribution in [3.63, 3.8) is 0 Å². The van der Waals surface area contributed by atoms with Gasteiger partial charge in [-0.1, -0.05) is 32.4 Å². The zero-order valence-electron chi connectivity index (χ0n) is 19.2. The van der Waals surface area contributed by atoms with Gasteiger partial charge in [0, 0.05) is 12.6 Å². The Morgan fingerprint density at radius 3 is 2.50 bits per heavy atom. The molecule has 182 valence electrons. The van der Waals surface area contributed by atoms with Crippen LogP contribution in [0, 0.1) is 0 Å². The van der Waals surface area contributed by atoms with Crippen molar-refractivity contribution in [3.8, 4) is 17.2 Å². The van der Waals surface area contributed by atoms with Crippen molar-refractivity contribution in [3.05, 3.63) is 63.5 Å². The molecule has 1 aliphatic rings. The van der Waals surface area contributed by atoms with Crippen LogP contribution in [0.25, 0.3) is 11.0 Å². The summed E-state index contributed by atoms with van der Waals surface area (Å²) in [5, 5.41) is 10.5. The normalized spacial score (nSPS) is 17.3. The molecule has 0 radical (unpaired) electrons. The Kier molecular flexibility index (Phi) is 6.89. The molecular weight excluding hydrogens is 447 g/mol. The smallest absolute Gasteiger partial charge is 0.453 e. The number of rotatable bonds is 6. The molecule has 1 aromatic heterocycles. The van der Waals surface area contributed by atoms with Crippen molar-refractivity contribution < 1.29 is 27.4 Å². The van der Waals surface area contributed by atoms with E-state index in [1.165, 1.54) is 24.3 Å². The monoisotopic (exact) mass is 475 g/mol. The Bertz CT molecular complexity index is 1220. The van der Waals surface area contributed by atoms with E-state index in [0.29, 0.717) is 0 Å². The van der Waals surface area contributed by atoms with Gasteiger partial charge in [0.2, 0.25) is 11.2 Å². The summed E-state index contributed by atoms with van der Waals surface area (Å²) in [6, 6.07) is 9.35. The second-order valence-corrected chi connectivity index (χ2v) is 8.66. The Morgan fingerprint density at radius 2 is 1.85 bits per heavy atom. The maximum absolute atomic E-state index is 14.0. The minimum atomic E-state index is -4.97. The number of aryl methyl sites for hydroxylation is 1. The van der Waals surface area contributed by atoms with Gasteiger partial charge in [0.15, 0.2) is 0 Å². The van der Waals surface area contributed by atoms with Crippen LogP contribution < -0.4 is 10.2 Å². The van der Waals surface area contributed by atoms with Crippen LogP contribution in [0.15, 0.2) is 45.6 Å². The van der Waals surface area contributed by atoms with E-state index in [2.05, 4.69) is 11.8 Å². The van der Waals surface area contributed by atoms with Crippen LogP contribution in [0.1, 0.15) is 56.4 Å². The molecule has 1 N–H and O–H groups in total. The molecule has 1 atom stereocenters. The summed E-state index contributed by atoms with van der Waals surface area (Å²) in [7, 11) is 0. The summed E-state index contributed by atoms with van der Waals surface area (Å²) in [4.78, 5) is 15.3. The number of aromatic hydroxyl groups is 1. The number of benzene rings is 2. The predicted octanol–water partition coefficient (Wildman–Crippen LogP) is 6.64. The molecular formula is C26H28F3NO4. The molecule has 34 heavy (non-hydrogen) atoms. The topological polar surface area (TPSA) is 62.9 Å². The number of hydrogen-bond donors (Lipinski definition) is 1. The van der Waals surface area contributed by atoms with Crippen molar-refractivity contribution in [2.24, 2.45) is 0 Å². The average molecular weight is 476 g/mol. The van der Waals surface area contributed by atoms with Gasteiger partial charge in [-0.3, -0.25) is 9.69 Å². The number of piperidine rings is 1. The quantitative estimate of drug-likeness (QED) is 0.433. The van der Waals surface area contributed by atoms with Gasteiger partial charge in [0.25, 0.3) is 5.76 Å². The number of ether oxygens (including phenoxy) is 1. The number of halogens is 3. The van der Waals surface area contributed by atoms with Crippen LogP contribution >= 0.6 is 0 Å². The van der Waals surface area contributed by atoms with E-state index < -0.39 is 23.1 Å². The average Bonchev–Trinajstić information content (AvgIpc) is 2.82. The van der Waals surface area contributed by atoms with E-state index in [-0.39, 0.29) is 40.6 Å². The number of likely N-dealkylation sites (tertiary alicyclic amines) is 1. The van der Waals surface area contributed by atoms with Gasteiger partial charge in [-0.05, 0) is 62.1 Å². The number of phenolic OH excluding ortho intramolecular Hbond substituents is 1. The van der Waals surface area contributed by atoms with Gasteiger partial charge in [-0.15, -0.1) is 0 Å². The molecule has 1 fully saturated rings. The Labute approximate surface area is 195 Å². The Hall–Kier alpha value is -3.00. The molecule has 0 amide bonds. The molecule has 2 aromatic carbocycles. The Morgan fingerprint density at radius 1 is 1.12 bits per heavy atom. The number of phenols is 1. The fourth-order valence-corrected chi connectivity index (χ4v) is 4.56. The number of alkyl halides is 3. The lowest BCUT2D eigenvalue weighted by molar-refractivity contribution is -0.154. The van der Waals surface area contributed by atoms with Crippen molar-refractivity contribution in [1.82, 2.24) is 4.90 Å². The maximum Gasteiger partial charge on any atom is 0.453 e. The third kappa shape index (κ3) is 4.78. The van der Waals surface area contributed by atoms with Crippen molar-refractivity contribution >= 4 is 11.0 Å². The zero-order chi connectivity index (χ0) is 24.5. The molecule has 1 aliphatic heterocycles. The first-order valence-electron chi connectivity index (χ1n) is 11.6. The molecule has 1 saturated heterocycles. The van der Waals surface area contributed by atoms with Gasteiger partial charge in [0.05, 0.1) is 10.9 Å². The predicted molar refractivity (Wildman–Crippen MR) is 123 cm³/mol. The van der Waals surface area contributed by atoms with Crippen LogP contribution in [-0.2, 0) is 19.1 Å². The number of fused-ring (bicyclic) bond motifs is 1. The summed E-state index contributed by atoms with van der Waals surface area (Å²) in [5.41, 5.74) is -0.0250. The second-order valence-electron chi connectivity index (χ2n) is 8.66. The van der Waals surface area contributed by atoms with Crippen molar-refractivity contribution in [2.75, 3.05) is 6.54 Å². The maximum atomic E-state index is 14.0. The van der Waals surface area contributed by atoms with E-state index in [1.807, 2.05) is 6.92 Å². The molecule has 8 heteroatoms. The molecule has 0 aliphatic carbocycles. The van der Waals surface area contributed by atoms with Crippen LogP contribution in [0.4, 0.5) is 13.2 Å². The van der Waals surface area contributed by atoms with E-state index >= 15 is 0 Å². The lowest BCUT2D eigenvalue weighted by atomic mass is 9.98. The van der Waals surface area contributed by atoms with Crippen LogP contribution in [0.5, 0.6) is 17.2 Å². The van der Waals surface area contributed by atoms with Crippen LogP contribution in [0.3, 0.4) is 0 Å². The fourth-order valence-electron chi connectivity index (χ4n) is 4.56. The van der Waals surface area contributed by atoms with Gasteiger partial charge in [-0.2, -0.15) is 13.2 Å². The SMILES string of the molecule is CCc1ccc(Oc2c(C(F)(F)F)oc3c(CN4CCCCC4CC)c(O)ccc3c2=O)cc1. The van der Waals surface area contributed by atoms with Gasteiger partial charge >= 0.3 is 6.18 Å². The third-order valence-corrected chi connectivity index (χ3v) is 6.49. The number of nitrogens with zero attached hydrogens (tertiary/aromatic N) is 1. The first-order valence-corrected chi connectivity index (χ1v) is 11.6. The van der Waals surface area contributed by atoms with E-state index in [1.54, 1.807) is 12.1 Å². The van der Waals surface area contributed by atoms with Crippen LogP contribution in [0.2, 0.25) is 0 Å². The van der Waals surface area contributed by atoms with Crippen molar-refractivity contribution in [2.45, 2.75) is 64.7 Å². The van der Waals surface area contributed by atoms with Crippen LogP contribution in [-0.4, -0.2) is 22.6 Å². The molecule has 0 bridgehead atoms. The third-order valence-electron chi connectivity index (χ3n) is 6.49. The summed E-state index contributed by atoms with van der Waals surface area (Å²) in [5.74, 6) is -2.52. The minimum absolute atomic E-state index is 0.0639. The van der Waals surface area contributed by atoms with Gasteiger partial charge in [0.1, 0.15) is 17.1 Å². The fraction of sp³-hybridized carbons (Fsp3) is 0.423. The summed E-state index contributed by atoms with van der Waals surface area (Å²) >= 11 is 0. The summed E-state index contributed by atoms with van der Waals surface area (Å²) < 4.78 is 52.8. The highest BCUT2D eigenvalue weighted by molar-refractivity contribution is 5.83. The first-order chi connectivity index (χ1) is 16.2. The molecule has 0 saturated carbocycles. The lowest BCUT2D eigenvalue weighted by Crippen LogP contribution is -2.38. The van der Waals surface area contributed by atoms with Crippen molar-refractivity contribution in [1.29, 1.82) is 0 Å².